The van der Waals surface area contributed by atoms with Crippen LogP contribution in [-0.4, -0.2) is 167 Å². The molecular formula is C45H96O15S3Si3. The van der Waals surface area contributed by atoms with Gasteiger partial charge < -0.3 is 65.4 Å². The van der Waals surface area contributed by atoms with Crippen molar-refractivity contribution in [2.45, 2.75) is 131 Å². The quantitative estimate of drug-likeness (QED) is 0.0186. The number of aliphatic hydroxyl groups is 5. The molecule has 0 saturated carbocycles. The Morgan fingerprint density at radius 3 is 0.970 bits per heavy atom. The number of rotatable bonds is 48. The molecule has 0 bridgehead atoms. The molecule has 0 aromatic rings. The van der Waals surface area contributed by atoms with Gasteiger partial charge in [-0.3, -0.25) is 4.79 Å². The van der Waals surface area contributed by atoms with Gasteiger partial charge in [-0.25, -0.2) is 0 Å². The van der Waals surface area contributed by atoms with E-state index in [0.717, 1.165) is 25.7 Å². The third kappa shape index (κ3) is 32.7. The van der Waals surface area contributed by atoms with Crippen molar-refractivity contribution in [3.8, 4) is 0 Å². The lowest BCUT2D eigenvalue weighted by atomic mass is 10.1. The Bertz CT molecular complexity index is 1120. The second-order valence-corrected chi connectivity index (χ2v) is 28.9. The number of unbranched alkanes of at least 4 members (excludes halogenated alkanes) is 4. The third-order valence-corrected chi connectivity index (χ3v) is 20.5. The zero-order chi connectivity index (χ0) is 49.7. The highest BCUT2D eigenvalue weighted by atomic mass is 32.2. The van der Waals surface area contributed by atoms with Gasteiger partial charge in [0.15, 0.2) is 5.12 Å². The molecule has 396 valence electrons. The van der Waals surface area contributed by atoms with Crippen molar-refractivity contribution in [1.82, 2.24) is 0 Å². The largest absolute Gasteiger partial charge is 0.501 e. The average molecular weight is 1060 g/mol. The number of carbonyl (C=O) groups is 1. The van der Waals surface area contributed by atoms with Crippen LogP contribution < -0.4 is 0 Å². The maximum absolute atomic E-state index is 12.7. The minimum atomic E-state index is -3.41. The Kier molecular flexibility index (Phi) is 41.8. The highest BCUT2D eigenvalue weighted by molar-refractivity contribution is 8.13. The summed E-state index contributed by atoms with van der Waals surface area (Å²) in [6.45, 7) is 17.6. The molecule has 8 unspecified atom stereocenters. The summed E-state index contributed by atoms with van der Waals surface area (Å²) in [6, 6.07) is 1.50. The first kappa shape index (κ1) is 66.8. The van der Waals surface area contributed by atoms with E-state index in [1.165, 1.54) is 18.2 Å². The van der Waals surface area contributed by atoms with Crippen LogP contribution in [0.1, 0.15) is 113 Å². The summed E-state index contributed by atoms with van der Waals surface area (Å²) in [5.74, 6) is 0.831. The molecule has 0 aliphatic heterocycles. The molecule has 0 radical (unpaired) electrons. The standard InChI is InChI=1S/C45H96O15S3Si3/c1-9-10-11-12-13-17-45(51)63-20-16-23-66(55-32-41(5)27-49,56-33-42(6)28-50)60-37-44(8)36-59-65(22-15-19-62,54-31-40(4)26-48)58-35-43(7)34-57-64(21-14-18-61,52-29-38(2)24-46)53-30-39(3)25-47/h38-44,46-50,61-62H,9-37H2,1-8H3. The summed E-state index contributed by atoms with van der Waals surface area (Å²) in [5, 5.41) is 49.3. The van der Waals surface area contributed by atoms with Crippen LogP contribution in [0.2, 0.25) is 18.1 Å². The van der Waals surface area contributed by atoms with E-state index in [-0.39, 0.29) is 139 Å². The van der Waals surface area contributed by atoms with Crippen molar-refractivity contribution in [2.24, 2.45) is 41.4 Å². The van der Waals surface area contributed by atoms with E-state index < -0.39 is 26.4 Å². The van der Waals surface area contributed by atoms with Crippen molar-refractivity contribution >= 4 is 68.5 Å². The normalized spacial score (nSPS) is 18.2. The minimum Gasteiger partial charge on any atom is -0.396 e. The number of thioether (sulfide) groups is 1. The van der Waals surface area contributed by atoms with Crippen LogP contribution >= 0.6 is 37.0 Å². The van der Waals surface area contributed by atoms with Crippen LogP contribution in [0.4, 0.5) is 0 Å². The van der Waals surface area contributed by atoms with Gasteiger partial charge in [0, 0.05) is 164 Å². The minimum absolute atomic E-state index is 0.0348. The van der Waals surface area contributed by atoms with Crippen LogP contribution in [0, 0.1) is 41.4 Å². The predicted molar refractivity (Wildman–Crippen MR) is 277 cm³/mol. The predicted octanol–water partition coefficient (Wildman–Crippen LogP) is 7.02. The van der Waals surface area contributed by atoms with Gasteiger partial charge in [0.2, 0.25) is 0 Å². The number of hydrogen-bond acceptors (Lipinski definition) is 18. The first-order valence-corrected chi connectivity index (χ1v) is 32.8. The molecule has 0 spiro atoms. The molecule has 15 nitrogen and oxygen atoms in total. The zero-order valence-corrected chi connectivity index (χ0v) is 47.8. The van der Waals surface area contributed by atoms with E-state index in [4.69, 9.17) is 39.8 Å². The molecule has 0 fully saturated rings. The van der Waals surface area contributed by atoms with Crippen molar-refractivity contribution in [3.63, 3.8) is 0 Å². The van der Waals surface area contributed by atoms with Crippen LogP contribution in [0.5, 0.6) is 0 Å². The Balaban J connectivity index is 6.27. The monoisotopic (exact) mass is 1060 g/mol. The molecule has 0 aliphatic carbocycles. The number of aliphatic hydroxyl groups excluding tert-OH is 5. The van der Waals surface area contributed by atoms with Gasteiger partial charge in [-0.05, 0) is 37.2 Å². The van der Waals surface area contributed by atoms with Gasteiger partial charge in [0.1, 0.15) is 0 Å². The third-order valence-electron chi connectivity index (χ3n) is 10.5. The van der Waals surface area contributed by atoms with E-state index in [2.05, 4.69) is 32.2 Å². The summed E-state index contributed by atoms with van der Waals surface area (Å²) in [5.41, 5.74) is 0. The molecule has 5 N–H and O–H groups in total. The van der Waals surface area contributed by atoms with Gasteiger partial charge in [-0.2, -0.15) is 25.3 Å². The van der Waals surface area contributed by atoms with Crippen LogP contribution in [0.15, 0.2) is 0 Å². The highest BCUT2D eigenvalue weighted by Gasteiger charge is 2.45. The summed E-state index contributed by atoms with van der Waals surface area (Å²) >= 11 is 10.3. The van der Waals surface area contributed by atoms with Crippen LogP contribution in [0.3, 0.4) is 0 Å². The maximum atomic E-state index is 12.7. The number of carbonyl (C=O) groups excluding carboxylic acids is 1. The van der Waals surface area contributed by atoms with Gasteiger partial charge in [0.05, 0.1) is 0 Å². The molecule has 0 heterocycles. The smallest absolute Gasteiger partial charge is 0.396 e. The molecule has 0 amide bonds. The molecule has 0 aromatic heterocycles. The Hall–Kier alpha value is 0.811. The second-order valence-electron chi connectivity index (χ2n) is 18.6. The van der Waals surface area contributed by atoms with Gasteiger partial charge in [-0.1, -0.05) is 92.8 Å². The van der Waals surface area contributed by atoms with Gasteiger partial charge in [-0.15, -0.1) is 0 Å². The molecule has 8 atom stereocenters. The number of hydrogen-bond donors (Lipinski definition) is 7. The summed E-state index contributed by atoms with van der Waals surface area (Å²) in [4.78, 5) is 12.7. The van der Waals surface area contributed by atoms with E-state index >= 15 is 0 Å². The lowest BCUT2D eigenvalue weighted by Gasteiger charge is -2.35. The molecule has 0 aliphatic rings. The lowest BCUT2D eigenvalue weighted by Crippen LogP contribution is -2.51. The highest BCUT2D eigenvalue weighted by Crippen LogP contribution is 2.27. The second kappa shape index (κ2) is 41.3. The fourth-order valence-electron chi connectivity index (χ4n) is 5.82. The fourth-order valence-corrected chi connectivity index (χ4v) is 16.5. The molecule has 66 heavy (non-hydrogen) atoms. The lowest BCUT2D eigenvalue weighted by molar-refractivity contribution is -0.111. The van der Waals surface area contributed by atoms with Crippen LogP contribution in [-0.2, 0) is 44.6 Å². The van der Waals surface area contributed by atoms with Gasteiger partial charge in [0.25, 0.3) is 0 Å². The van der Waals surface area contributed by atoms with E-state index in [1.54, 1.807) is 0 Å². The zero-order valence-electron chi connectivity index (χ0n) is 42.2. The molecule has 21 heteroatoms. The first-order chi connectivity index (χ1) is 31.6. The van der Waals surface area contributed by atoms with Gasteiger partial charge >= 0.3 is 26.4 Å². The Morgan fingerprint density at radius 1 is 0.424 bits per heavy atom. The molecule has 0 rings (SSSR count). The van der Waals surface area contributed by atoms with E-state index in [0.29, 0.717) is 61.1 Å². The van der Waals surface area contributed by atoms with Crippen LogP contribution in [0.25, 0.3) is 0 Å². The Morgan fingerprint density at radius 2 is 0.697 bits per heavy atom. The first-order valence-electron chi connectivity index (χ1n) is 24.7. The van der Waals surface area contributed by atoms with Crippen molar-refractivity contribution in [3.05, 3.63) is 0 Å². The maximum Gasteiger partial charge on any atom is 0.501 e. The molecule has 0 aromatic carbocycles. The number of thiol groups is 2. The Labute approximate surface area is 419 Å². The average Bonchev–Trinajstić information content (AvgIpc) is 3.33. The van der Waals surface area contributed by atoms with E-state index in [1.807, 2.05) is 48.5 Å². The van der Waals surface area contributed by atoms with Crippen molar-refractivity contribution < 1.29 is 70.2 Å². The summed E-state index contributed by atoms with van der Waals surface area (Å²) in [7, 11) is -10.1. The topological polar surface area (TPSA) is 201 Å². The summed E-state index contributed by atoms with van der Waals surface area (Å²) < 4.78 is 59.1. The van der Waals surface area contributed by atoms with E-state index in [9.17, 15) is 30.3 Å². The summed E-state index contributed by atoms with van der Waals surface area (Å²) in [6.07, 6.45) is 8.06. The molecule has 0 saturated heterocycles. The SMILES string of the molecule is CCCCCCCC(=O)SCCC[Si](OCC(C)CO)(OCC(C)CO)OCC(C)CO[Si](CCCS)(OCC(C)CO)OCC(C)CO[Si](CCCS)(OCC(C)CO)OCC(C)CO. The van der Waals surface area contributed by atoms with Crippen molar-refractivity contribution in [1.29, 1.82) is 0 Å². The molecular weight excluding hydrogens is 961 g/mol. The fraction of sp³-hybridized carbons (Fsp3) is 0.978. The van der Waals surface area contributed by atoms with Crippen molar-refractivity contribution in [2.75, 3.05) is 110 Å².